The van der Waals surface area contributed by atoms with Gasteiger partial charge >= 0.3 is 0 Å². The molecule has 1 heterocycles. The maximum atomic E-state index is 10.7. The molecule has 76 valence electrons. The van der Waals surface area contributed by atoms with Crippen LogP contribution in [-0.4, -0.2) is 16.1 Å². The fourth-order valence-electron chi connectivity index (χ4n) is 1.69. The molecule has 0 fully saturated rings. The third-order valence-corrected chi connectivity index (χ3v) is 2.35. The number of benzene rings is 1. The highest BCUT2D eigenvalue weighted by Crippen LogP contribution is 2.20. The number of aromatic nitrogens is 2. The Morgan fingerprint density at radius 1 is 1.33 bits per heavy atom. The van der Waals surface area contributed by atoms with Crippen molar-refractivity contribution in [1.29, 1.82) is 0 Å². The van der Waals surface area contributed by atoms with Crippen LogP contribution in [0.2, 0.25) is 0 Å². The highest BCUT2D eigenvalue weighted by atomic mass is 16.1. The normalized spacial score (nSPS) is 10.3. The molecule has 0 radical (unpaired) electrons. The molecule has 15 heavy (non-hydrogen) atoms. The van der Waals surface area contributed by atoms with Crippen molar-refractivity contribution < 1.29 is 4.79 Å². The number of nitrogens with zero attached hydrogens (tertiary/aromatic N) is 2. The second-order valence-electron chi connectivity index (χ2n) is 3.59. The van der Waals surface area contributed by atoms with Gasteiger partial charge in [-0.05, 0) is 36.8 Å². The molecule has 0 aliphatic heterocycles. The molecule has 3 nitrogen and oxygen atoms in total. The van der Waals surface area contributed by atoms with Gasteiger partial charge in [-0.2, -0.15) is 5.10 Å². The molecule has 0 aliphatic carbocycles. The van der Waals surface area contributed by atoms with E-state index in [1.165, 1.54) is 0 Å². The summed E-state index contributed by atoms with van der Waals surface area (Å²) >= 11 is 0. The van der Waals surface area contributed by atoms with Crippen molar-refractivity contribution in [2.24, 2.45) is 7.05 Å². The van der Waals surface area contributed by atoms with Gasteiger partial charge in [0.25, 0.3) is 0 Å². The first-order valence-corrected chi connectivity index (χ1v) is 4.76. The second-order valence-corrected chi connectivity index (χ2v) is 3.59. The van der Waals surface area contributed by atoms with Crippen LogP contribution < -0.4 is 0 Å². The van der Waals surface area contributed by atoms with E-state index in [1.807, 2.05) is 38.2 Å². The predicted molar refractivity (Wildman–Crippen MR) is 58.8 cm³/mol. The van der Waals surface area contributed by atoms with E-state index in [-0.39, 0.29) is 0 Å². The van der Waals surface area contributed by atoms with E-state index in [0.29, 0.717) is 5.56 Å². The van der Waals surface area contributed by atoms with Crippen LogP contribution in [0.15, 0.2) is 30.5 Å². The van der Waals surface area contributed by atoms with Crippen LogP contribution in [0.25, 0.3) is 11.3 Å². The molecule has 0 atom stereocenters. The van der Waals surface area contributed by atoms with Gasteiger partial charge in [-0.15, -0.1) is 0 Å². The average Bonchev–Trinajstić information content (AvgIpc) is 2.63. The van der Waals surface area contributed by atoms with E-state index in [0.717, 1.165) is 23.1 Å². The molecule has 0 bridgehead atoms. The van der Waals surface area contributed by atoms with Crippen LogP contribution in [-0.2, 0) is 7.05 Å². The van der Waals surface area contributed by atoms with Crippen molar-refractivity contribution in [2.75, 3.05) is 0 Å². The lowest BCUT2D eigenvalue weighted by Gasteiger charge is -2.04. The zero-order chi connectivity index (χ0) is 10.8. The summed E-state index contributed by atoms with van der Waals surface area (Å²) in [7, 11) is 1.89. The summed E-state index contributed by atoms with van der Waals surface area (Å²) in [6.07, 6.45) is 2.62. The molecular formula is C12H12N2O. The van der Waals surface area contributed by atoms with Crippen LogP contribution in [0.4, 0.5) is 0 Å². The average molecular weight is 200 g/mol. The lowest BCUT2D eigenvalue weighted by molar-refractivity contribution is 0.112. The van der Waals surface area contributed by atoms with Crippen LogP contribution in [0.5, 0.6) is 0 Å². The Morgan fingerprint density at radius 2 is 2.13 bits per heavy atom. The quantitative estimate of drug-likeness (QED) is 0.696. The molecule has 0 N–H and O–H groups in total. The Bertz CT molecular complexity index is 500. The maximum Gasteiger partial charge on any atom is 0.150 e. The molecule has 3 heteroatoms. The molecule has 2 rings (SSSR count). The topological polar surface area (TPSA) is 34.9 Å². The van der Waals surface area contributed by atoms with Crippen molar-refractivity contribution in [3.63, 3.8) is 0 Å². The van der Waals surface area contributed by atoms with E-state index < -0.39 is 0 Å². The van der Waals surface area contributed by atoms with Crippen LogP contribution >= 0.6 is 0 Å². The fourth-order valence-corrected chi connectivity index (χ4v) is 1.69. The standard InChI is InChI=1S/C12H12N2O/c1-9-5-10(8-15)7-11(6-9)12-3-4-13-14(12)2/h3-8H,1-2H3. The summed E-state index contributed by atoms with van der Waals surface area (Å²) in [5, 5.41) is 4.11. The van der Waals surface area contributed by atoms with Gasteiger partial charge in [-0.3, -0.25) is 9.48 Å². The minimum absolute atomic E-state index is 0.700. The summed E-state index contributed by atoms with van der Waals surface area (Å²) in [5.41, 5.74) is 3.82. The van der Waals surface area contributed by atoms with E-state index in [2.05, 4.69) is 5.10 Å². The number of rotatable bonds is 2. The second kappa shape index (κ2) is 3.69. The first-order valence-electron chi connectivity index (χ1n) is 4.76. The van der Waals surface area contributed by atoms with Gasteiger partial charge in [0.2, 0.25) is 0 Å². The molecular weight excluding hydrogens is 188 g/mol. The van der Waals surface area contributed by atoms with E-state index >= 15 is 0 Å². The number of carbonyl (C=O) groups excluding carboxylic acids is 1. The van der Waals surface area contributed by atoms with Crippen LogP contribution in [0.3, 0.4) is 0 Å². The Balaban J connectivity index is 2.58. The smallest absolute Gasteiger partial charge is 0.150 e. The first kappa shape index (κ1) is 9.65. The summed E-state index contributed by atoms with van der Waals surface area (Å²) in [6, 6.07) is 7.72. The van der Waals surface area contributed by atoms with Crippen molar-refractivity contribution in [3.8, 4) is 11.3 Å². The zero-order valence-corrected chi connectivity index (χ0v) is 8.77. The van der Waals surface area contributed by atoms with Crippen molar-refractivity contribution >= 4 is 6.29 Å². The van der Waals surface area contributed by atoms with Gasteiger partial charge in [0, 0.05) is 24.4 Å². The third kappa shape index (κ3) is 1.81. The molecule has 1 aromatic heterocycles. The molecule has 0 unspecified atom stereocenters. The summed E-state index contributed by atoms with van der Waals surface area (Å²) < 4.78 is 1.79. The van der Waals surface area contributed by atoms with Crippen LogP contribution in [0.1, 0.15) is 15.9 Å². The maximum absolute atomic E-state index is 10.7. The van der Waals surface area contributed by atoms with Crippen LogP contribution in [0, 0.1) is 6.92 Å². The highest BCUT2D eigenvalue weighted by Gasteiger charge is 2.04. The van der Waals surface area contributed by atoms with Gasteiger partial charge in [-0.25, -0.2) is 0 Å². The van der Waals surface area contributed by atoms with Gasteiger partial charge in [0.15, 0.2) is 0 Å². The van der Waals surface area contributed by atoms with Crippen molar-refractivity contribution in [1.82, 2.24) is 9.78 Å². The zero-order valence-electron chi connectivity index (χ0n) is 8.77. The van der Waals surface area contributed by atoms with E-state index in [4.69, 9.17) is 0 Å². The Morgan fingerprint density at radius 3 is 2.73 bits per heavy atom. The Labute approximate surface area is 88.4 Å². The number of hydrogen-bond acceptors (Lipinski definition) is 2. The van der Waals surface area contributed by atoms with Gasteiger partial charge < -0.3 is 0 Å². The fraction of sp³-hybridized carbons (Fsp3) is 0.167. The molecule has 0 spiro atoms. The lowest BCUT2D eigenvalue weighted by Crippen LogP contribution is -1.94. The Kier molecular flexibility index (Phi) is 2.37. The highest BCUT2D eigenvalue weighted by molar-refractivity contribution is 5.78. The first-order chi connectivity index (χ1) is 7.20. The summed E-state index contributed by atoms with van der Waals surface area (Å²) in [5.74, 6) is 0. The predicted octanol–water partition coefficient (Wildman–Crippen LogP) is 2.21. The summed E-state index contributed by atoms with van der Waals surface area (Å²) in [4.78, 5) is 10.7. The number of aryl methyl sites for hydroxylation is 2. The number of aldehydes is 1. The third-order valence-electron chi connectivity index (χ3n) is 2.35. The minimum atomic E-state index is 0.700. The monoisotopic (exact) mass is 200 g/mol. The lowest BCUT2D eigenvalue weighted by atomic mass is 10.0. The van der Waals surface area contributed by atoms with Gasteiger partial charge in [-0.1, -0.05) is 0 Å². The van der Waals surface area contributed by atoms with Crippen molar-refractivity contribution in [2.45, 2.75) is 6.92 Å². The summed E-state index contributed by atoms with van der Waals surface area (Å²) in [6.45, 7) is 1.98. The molecule has 0 amide bonds. The van der Waals surface area contributed by atoms with E-state index in [9.17, 15) is 4.79 Å². The minimum Gasteiger partial charge on any atom is -0.298 e. The number of hydrogen-bond donors (Lipinski definition) is 0. The molecule has 0 aliphatic rings. The Hall–Kier alpha value is -1.90. The van der Waals surface area contributed by atoms with Crippen molar-refractivity contribution in [3.05, 3.63) is 41.6 Å². The molecule has 2 aromatic rings. The molecule has 1 aromatic carbocycles. The number of carbonyl (C=O) groups is 1. The SMILES string of the molecule is Cc1cc(C=O)cc(-c2ccnn2C)c1. The largest absolute Gasteiger partial charge is 0.298 e. The molecule has 0 saturated heterocycles. The van der Waals surface area contributed by atoms with Gasteiger partial charge in [0.05, 0.1) is 5.69 Å². The molecule has 0 saturated carbocycles. The van der Waals surface area contributed by atoms with E-state index in [1.54, 1.807) is 10.9 Å². The van der Waals surface area contributed by atoms with Gasteiger partial charge in [0.1, 0.15) is 6.29 Å².